The molecule has 2 rings (SSSR count). The molecule has 19 heavy (non-hydrogen) atoms. The maximum atomic E-state index is 12.4. The standard InChI is InChI=1S/C16H16O3/c1-10-8-11(2)15(17)14(9-10)16(18)12-4-6-13(19-3)7-5-12/h4-9,17H,1-3H3. The number of carbonyl (C=O) groups excluding carboxylic acids is 1. The molecule has 3 nitrogen and oxygen atoms in total. The Morgan fingerprint density at radius 3 is 2.32 bits per heavy atom. The Balaban J connectivity index is 2.43. The third-order valence-electron chi connectivity index (χ3n) is 3.04. The molecular weight excluding hydrogens is 240 g/mol. The third-order valence-corrected chi connectivity index (χ3v) is 3.04. The van der Waals surface area contributed by atoms with Gasteiger partial charge in [-0.2, -0.15) is 0 Å². The fourth-order valence-corrected chi connectivity index (χ4v) is 2.03. The first-order valence-electron chi connectivity index (χ1n) is 6.02. The third kappa shape index (κ3) is 2.60. The minimum Gasteiger partial charge on any atom is -0.507 e. The van der Waals surface area contributed by atoms with Crippen molar-refractivity contribution < 1.29 is 14.6 Å². The smallest absolute Gasteiger partial charge is 0.196 e. The van der Waals surface area contributed by atoms with Gasteiger partial charge in [-0.3, -0.25) is 4.79 Å². The molecule has 0 aliphatic rings. The summed E-state index contributed by atoms with van der Waals surface area (Å²) in [6.45, 7) is 3.68. The second-order valence-corrected chi connectivity index (χ2v) is 4.54. The van der Waals surface area contributed by atoms with E-state index >= 15 is 0 Å². The summed E-state index contributed by atoms with van der Waals surface area (Å²) in [5, 5.41) is 10.0. The Morgan fingerprint density at radius 1 is 1.11 bits per heavy atom. The molecule has 2 aromatic carbocycles. The second kappa shape index (κ2) is 5.14. The summed E-state index contributed by atoms with van der Waals surface area (Å²) in [7, 11) is 1.58. The molecule has 0 aliphatic carbocycles. The number of carbonyl (C=O) groups is 1. The Labute approximate surface area is 112 Å². The molecule has 0 bridgehead atoms. The second-order valence-electron chi connectivity index (χ2n) is 4.54. The van der Waals surface area contributed by atoms with Crippen molar-refractivity contribution >= 4 is 5.78 Å². The quantitative estimate of drug-likeness (QED) is 0.857. The number of ketones is 1. The molecule has 2 aromatic rings. The lowest BCUT2D eigenvalue weighted by Crippen LogP contribution is -2.03. The fraction of sp³-hybridized carbons (Fsp3) is 0.188. The molecular formula is C16H16O3. The van der Waals surface area contributed by atoms with Crippen molar-refractivity contribution in [1.82, 2.24) is 0 Å². The first-order chi connectivity index (χ1) is 9.02. The predicted molar refractivity (Wildman–Crippen MR) is 74.0 cm³/mol. The first-order valence-corrected chi connectivity index (χ1v) is 6.02. The van der Waals surface area contributed by atoms with E-state index in [9.17, 15) is 9.90 Å². The zero-order valence-electron chi connectivity index (χ0n) is 11.2. The highest BCUT2D eigenvalue weighted by atomic mass is 16.5. The van der Waals surface area contributed by atoms with E-state index in [1.54, 1.807) is 44.4 Å². The van der Waals surface area contributed by atoms with E-state index in [2.05, 4.69) is 0 Å². The summed E-state index contributed by atoms with van der Waals surface area (Å²) in [4.78, 5) is 12.4. The van der Waals surface area contributed by atoms with Crippen LogP contribution in [0.1, 0.15) is 27.0 Å². The lowest BCUT2D eigenvalue weighted by molar-refractivity contribution is 0.103. The normalized spacial score (nSPS) is 10.3. The van der Waals surface area contributed by atoms with Gasteiger partial charge in [0.1, 0.15) is 11.5 Å². The van der Waals surface area contributed by atoms with Gasteiger partial charge in [0, 0.05) is 5.56 Å². The van der Waals surface area contributed by atoms with E-state index in [1.807, 2.05) is 13.0 Å². The minimum atomic E-state index is -0.188. The molecule has 0 radical (unpaired) electrons. The Kier molecular flexibility index (Phi) is 3.56. The highest BCUT2D eigenvalue weighted by Crippen LogP contribution is 2.26. The summed E-state index contributed by atoms with van der Waals surface area (Å²) in [6, 6.07) is 10.4. The van der Waals surface area contributed by atoms with Gasteiger partial charge in [0.15, 0.2) is 5.78 Å². The minimum absolute atomic E-state index is 0.0476. The number of methoxy groups -OCH3 is 1. The molecule has 0 aliphatic heterocycles. The van der Waals surface area contributed by atoms with Gasteiger partial charge in [-0.15, -0.1) is 0 Å². The van der Waals surface area contributed by atoms with Crippen molar-refractivity contribution in [2.45, 2.75) is 13.8 Å². The topological polar surface area (TPSA) is 46.5 Å². The number of phenols is 1. The fourth-order valence-electron chi connectivity index (χ4n) is 2.03. The van der Waals surface area contributed by atoms with E-state index in [0.29, 0.717) is 22.4 Å². The van der Waals surface area contributed by atoms with Gasteiger partial charge in [0.05, 0.1) is 12.7 Å². The Morgan fingerprint density at radius 2 is 1.74 bits per heavy atom. The summed E-state index contributed by atoms with van der Waals surface area (Å²) in [5.74, 6) is 0.555. The molecule has 0 unspecified atom stereocenters. The number of aromatic hydroxyl groups is 1. The highest BCUT2D eigenvalue weighted by Gasteiger charge is 2.15. The maximum absolute atomic E-state index is 12.4. The van der Waals surface area contributed by atoms with Gasteiger partial charge in [-0.05, 0) is 55.3 Å². The van der Waals surface area contributed by atoms with Crippen LogP contribution in [-0.2, 0) is 0 Å². The van der Waals surface area contributed by atoms with E-state index in [1.165, 1.54) is 0 Å². The average Bonchev–Trinajstić information content (AvgIpc) is 2.42. The Hall–Kier alpha value is -2.29. The number of aryl methyl sites for hydroxylation is 2. The number of rotatable bonds is 3. The zero-order chi connectivity index (χ0) is 14.0. The van der Waals surface area contributed by atoms with Crippen LogP contribution in [0.2, 0.25) is 0 Å². The summed E-state index contributed by atoms with van der Waals surface area (Å²) < 4.78 is 5.06. The Bertz CT molecular complexity index is 613. The van der Waals surface area contributed by atoms with Gasteiger partial charge in [0.2, 0.25) is 0 Å². The average molecular weight is 256 g/mol. The van der Waals surface area contributed by atoms with Crippen molar-refractivity contribution in [3.63, 3.8) is 0 Å². The van der Waals surface area contributed by atoms with E-state index in [4.69, 9.17) is 4.74 Å². The van der Waals surface area contributed by atoms with Gasteiger partial charge in [0.25, 0.3) is 0 Å². The largest absolute Gasteiger partial charge is 0.507 e. The highest BCUT2D eigenvalue weighted by molar-refractivity contribution is 6.11. The van der Waals surface area contributed by atoms with Gasteiger partial charge in [-0.25, -0.2) is 0 Å². The molecule has 0 fully saturated rings. The SMILES string of the molecule is COc1ccc(C(=O)c2cc(C)cc(C)c2O)cc1. The summed E-state index contributed by atoms with van der Waals surface area (Å²) in [5.41, 5.74) is 2.52. The molecule has 1 N–H and O–H groups in total. The van der Waals surface area contributed by atoms with Crippen molar-refractivity contribution in [2.24, 2.45) is 0 Å². The lowest BCUT2D eigenvalue weighted by Gasteiger charge is -2.08. The van der Waals surface area contributed by atoms with Gasteiger partial charge >= 0.3 is 0 Å². The van der Waals surface area contributed by atoms with Crippen LogP contribution < -0.4 is 4.74 Å². The number of benzene rings is 2. The summed E-state index contributed by atoms with van der Waals surface area (Å²) in [6.07, 6.45) is 0. The van der Waals surface area contributed by atoms with Crippen LogP contribution in [0.15, 0.2) is 36.4 Å². The first kappa shape index (κ1) is 13.1. The van der Waals surface area contributed by atoms with Crippen LogP contribution in [0.5, 0.6) is 11.5 Å². The van der Waals surface area contributed by atoms with Crippen LogP contribution in [0, 0.1) is 13.8 Å². The van der Waals surface area contributed by atoms with Crippen LogP contribution >= 0.6 is 0 Å². The molecule has 98 valence electrons. The predicted octanol–water partition coefficient (Wildman–Crippen LogP) is 3.25. The molecule has 0 heterocycles. The zero-order valence-corrected chi connectivity index (χ0v) is 11.2. The van der Waals surface area contributed by atoms with Crippen LogP contribution in [-0.4, -0.2) is 18.0 Å². The number of hydrogen-bond acceptors (Lipinski definition) is 3. The van der Waals surface area contributed by atoms with Crippen molar-refractivity contribution in [1.29, 1.82) is 0 Å². The number of ether oxygens (including phenoxy) is 1. The molecule has 3 heteroatoms. The van der Waals surface area contributed by atoms with Crippen LogP contribution in [0.4, 0.5) is 0 Å². The molecule has 0 saturated carbocycles. The number of phenolic OH excluding ortho intramolecular Hbond substituents is 1. The molecule has 0 amide bonds. The van der Waals surface area contributed by atoms with E-state index in [-0.39, 0.29) is 11.5 Å². The number of hydrogen-bond donors (Lipinski definition) is 1. The van der Waals surface area contributed by atoms with Crippen LogP contribution in [0.25, 0.3) is 0 Å². The van der Waals surface area contributed by atoms with E-state index in [0.717, 1.165) is 5.56 Å². The maximum Gasteiger partial charge on any atom is 0.196 e. The monoisotopic (exact) mass is 256 g/mol. The lowest BCUT2D eigenvalue weighted by atomic mass is 9.98. The van der Waals surface area contributed by atoms with Gasteiger partial charge < -0.3 is 9.84 Å². The molecule has 0 atom stereocenters. The van der Waals surface area contributed by atoms with Crippen LogP contribution in [0.3, 0.4) is 0 Å². The molecule has 0 saturated heterocycles. The summed E-state index contributed by atoms with van der Waals surface area (Å²) >= 11 is 0. The van der Waals surface area contributed by atoms with E-state index < -0.39 is 0 Å². The van der Waals surface area contributed by atoms with Crippen molar-refractivity contribution in [3.05, 3.63) is 58.7 Å². The van der Waals surface area contributed by atoms with Gasteiger partial charge in [-0.1, -0.05) is 6.07 Å². The van der Waals surface area contributed by atoms with Crippen molar-refractivity contribution in [3.8, 4) is 11.5 Å². The molecule has 0 aromatic heterocycles. The van der Waals surface area contributed by atoms with Crippen molar-refractivity contribution in [2.75, 3.05) is 7.11 Å². The molecule has 0 spiro atoms.